The monoisotopic (exact) mass is 384 g/mol. The van der Waals surface area contributed by atoms with Crippen LogP contribution < -0.4 is 5.32 Å². The Morgan fingerprint density at radius 2 is 1.88 bits per heavy atom. The van der Waals surface area contributed by atoms with Crippen molar-refractivity contribution in [2.45, 2.75) is 18.8 Å². The molecule has 2 aromatic carbocycles. The van der Waals surface area contributed by atoms with E-state index in [2.05, 4.69) is 10.3 Å². The molecule has 3 rings (SSSR count). The Labute approximate surface area is 153 Å². The Morgan fingerprint density at radius 1 is 1.15 bits per heavy atom. The molecule has 0 aliphatic rings. The summed E-state index contributed by atoms with van der Waals surface area (Å²) in [7, 11) is 0. The molecule has 0 bridgehead atoms. The maximum atomic E-state index is 12.8. The van der Waals surface area contributed by atoms with Gasteiger partial charge in [0.25, 0.3) is 0 Å². The maximum Gasteiger partial charge on any atom is 0.416 e. The first kappa shape index (κ1) is 19.8. The highest BCUT2D eigenvalue weighted by molar-refractivity contribution is 5.89. The predicted molar refractivity (Wildman–Crippen MR) is 94.2 cm³/mol. The number of carbonyl (C=O) groups is 1. The highest BCUT2D eigenvalue weighted by atomic mass is 35.5. The van der Waals surface area contributed by atoms with Gasteiger partial charge in [-0.3, -0.25) is 10.1 Å². The molecule has 3 N–H and O–H groups in total. The molecule has 0 fully saturated rings. The number of hydrogen-bond donors (Lipinski definition) is 3. The summed E-state index contributed by atoms with van der Waals surface area (Å²) in [6.07, 6.45) is -2.83. The van der Waals surface area contributed by atoms with Crippen LogP contribution in [0.15, 0.2) is 54.7 Å². The third kappa shape index (κ3) is 4.17. The maximum absolute atomic E-state index is 12.8. The zero-order valence-electron chi connectivity index (χ0n) is 13.4. The van der Waals surface area contributed by atoms with Crippen LogP contribution in [0.3, 0.4) is 0 Å². The molecule has 0 aliphatic carbocycles. The van der Waals surface area contributed by atoms with Gasteiger partial charge >= 0.3 is 12.1 Å². The van der Waals surface area contributed by atoms with Crippen molar-refractivity contribution in [3.05, 3.63) is 71.4 Å². The molecule has 0 spiro atoms. The number of hydrogen-bond acceptors (Lipinski definition) is 2. The minimum absolute atomic E-state index is 0. The van der Waals surface area contributed by atoms with Gasteiger partial charge in [0, 0.05) is 29.2 Å². The van der Waals surface area contributed by atoms with E-state index in [4.69, 9.17) is 0 Å². The van der Waals surface area contributed by atoms with E-state index in [1.54, 1.807) is 18.3 Å². The molecule has 8 heteroatoms. The summed E-state index contributed by atoms with van der Waals surface area (Å²) >= 11 is 0. The average molecular weight is 385 g/mol. The van der Waals surface area contributed by atoms with E-state index in [9.17, 15) is 23.1 Å². The van der Waals surface area contributed by atoms with Crippen LogP contribution in [0.25, 0.3) is 10.9 Å². The number of nitrogens with one attached hydrogen (secondary N) is 2. The fourth-order valence-electron chi connectivity index (χ4n) is 2.74. The van der Waals surface area contributed by atoms with Crippen molar-refractivity contribution >= 4 is 29.3 Å². The number of alkyl halides is 3. The highest BCUT2D eigenvalue weighted by Crippen LogP contribution is 2.30. The number of halogens is 4. The average Bonchev–Trinajstić information content (AvgIpc) is 2.98. The molecule has 1 atom stereocenters. The second-order valence-electron chi connectivity index (χ2n) is 5.64. The molecule has 4 nitrogen and oxygen atoms in total. The van der Waals surface area contributed by atoms with Crippen LogP contribution in [0.2, 0.25) is 0 Å². The van der Waals surface area contributed by atoms with Crippen LogP contribution in [0.5, 0.6) is 0 Å². The summed E-state index contributed by atoms with van der Waals surface area (Å²) in [6.45, 7) is 0.000390. The Balaban J connectivity index is 0.00000243. The van der Waals surface area contributed by atoms with E-state index < -0.39 is 23.8 Å². The van der Waals surface area contributed by atoms with E-state index in [0.717, 1.165) is 23.0 Å². The summed E-state index contributed by atoms with van der Waals surface area (Å²) in [5, 5.41) is 13.1. The van der Waals surface area contributed by atoms with Crippen molar-refractivity contribution < 1.29 is 23.1 Å². The molecule has 0 aliphatic heterocycles. The molecule has 3 aromatic rings. The molecule has 0 amide bonds. The number of para-hydroxylation sites is 1. The van der Waals surface area contributed by atoms with E-state index in [1.807, 2.05) is 12.1 Å². The fraction of sp³-hybridized carbons (Fsp3) is 0.167. The van der Waals surface area contributed by atoms with Gasteiger partial charge in [0.1, 0.15) is 6.04 Å². The molecule has 138 valence electrons. The summed E-state index contributed by atoms with van der Waals surface area (Å²) in [5.41, 5.74) is 0.936. The van der Waals surface area contributed by atoms with E-state index >= 15 is 0 Å². The molecule has 0 saturated heterocycles. The van der Waals surface area contributed by atoms with Crippen molar-refractivity contribution in [3.63, 3.8) is 0 Å². The van der Waals surface area contributed by atoms with E-state index in [1.165, 1.54) is 12.1 Å². The largest absolute Gasteiger partial charge is 0.480 e. The van der Waals surface area contributed by atoms with Gasteiger partial charge in [-0.15, -0.1) is 12.4 Å². The molecular formula is C18H16ClF3N2O2. The number of H-pyrrole nitrogens is 1. The summed E-state index contributed by atoms with van der Waals surface area (Å²) in [5.74, 6) is -1.10. The number of aliphatic carboxylic acids is 1. The third-order valence-corrected chi connectivity index (χ3v) is 3.94. The smallest absolute Gasteiger partial charge is 0.416 e. The molecule has 1 unspecified atom stereocenters. The summed E-state index contributed by atoms with van der Waals surface area (Å²) in [6, 6.07) is 11.0. The first-order chi connectivity index (χ1) is 11.9. The second kappa shape index (κ2) is 7.80. The van der Waals surface area contributed by atoms with Crippen LogP contribution in [0.1, 0.15) is 22.7 Å². The van der Waals surface area contributed by atoms with Crippen molar-refractivity contribution in [2.75, 3.05) is 0 Å². The van der Waals surface area contributed by atoms with Crippen LogP contribution in [0.4, 0.5) is 13.2 Å². The van der Waals surface area contributed by atoms with Gasteiger partial charge in [-0.05, 0) is 17.7 Å². The number of rotatable bonds is 5. The number of carboxylic acid groups (broad SMARTS) is 1. The lowest BCUT2D eigenvalue weighted by Gasteiger charge is -2.15. The van der Waals surface area contributed by atoms with Crippen LogP contribution in [0, 0.1) is 0 Å². The fourth-order valence-corrected chi connectivity index (χ4v) is 2.74. The topological polar surface area (TPSA) is 65.1 Å². The lowest BCUT2D eigenvalue weighted by molar-refractivity contribution is -0.140. The van der Waals surface area contributed by atoms with Crippen LogP contribution in [-0.4, -0.2) is 16.1 Å². The Hall–Kier alpha value is -2.51. The molecule has 0 saturated carbocycles. The van der Waals surface area contributed by atoms with Gasteiger partial charge in [-0.2, -0.15) is 13.2 Å². The van der Waals surface area contributed by atoms with Crippen molar-refractivity contribution in [3.8, 4) is 0 Å². The number of fused-ring (bicyclic) bond motifs is 1. The quantitative estimate of drug-likeness (QED) is 0.605. The standard InChI is InChI=1S/C18H15F3N2O2.ClH/c19-18(20,21)12-5-3-4-11(8-12)9-23-16(17(24)25)14-10-22-15-7-2-1-6-13(14)15;/h1-8,10,16,22-23H,9H2,(H,24,25);1H. The molecule has 0 radical (unpaired) electrons. The predicted octanol–water partition coefficient (Wildman–Crippen LogP) is 4.52. The Kier molecular flexibility index (Phi) is 5.94. The van der Waals surface area contributed by atoms with Crippen molar-refractivity contribution in [1.82, 2.24) is 10.3 Å². The van der Waals surface area contributed by atoms with Gasteiger partial charge in [0.05, 0.1) is 5.56 Å². The summed E-state index contributed by atoms with van der Waals surface area (Å²) < 4.78 is 38.3. The first-order valence-corrected chi connectivity index (χ1v) is 7.54. The van der Waals surface area contributed by atoms with Crippen LogP contribution >= 0.6 is 12.4 Å². The van der Waals surface area contributed by atoms with Crippen LogP contribution in [-0.2, 0) is 17.5 Å². The van der Waals surface area contributed by atoms with Gasteiger partial charge in [0.15, 0.2) is 0 Å². The van der Waals surface area contributed by atoms with E-state index in [0.29, 0.717) is 11.1 Å². The highest BCUT2D eigenvalue weighted by Gasteiger charge is 2.30. The number of aromatic nitrogens is 1. The minimum atomic E-state index is -4.43. The zero-order chi connectivity index (χ0) is 18.0. The lowest BCUT2D eigenvalue weighted by atomic mass is 10.0. The normalized spacial score (nSPS) is 12.6. The molecule has 1 heterocycles. The lowest BCUT2D eigenvalue weighted by Crippen LogP contribution is -2.28. The molecule has 26 heavy (non-hydrogen) atoms. The van der Waals surface area contributed by atoms with Crippen molar-refractivity contribution in [2.24, 2.45) is 0 Å². The van der Waals surface area contributed by atoms with Gasteiger partial charge < -0.3 is 10.1 Å². The van der Waals surface area contributed by atoms with Gasteiger partial charge in [-0.25, -0.2) is 0 Å². The van der Waals surface area contributed by atoms with Gasteiger partial charge in [0.2, 0.25) is 0 Å². The zero-order valence-corrected chi connectivity index (χ0v) is 14.2. The first-order valence-electron chi connectivity index (χ1n) is 7.54. The Morgan fingerprint density at radius 3 is 2.58 bits per heavy atom. The second-order valence-corrected chi connectivity index (χ2v) is 5.64. The number of benzene rings is 2. The third-order valence-electron chi connectivity index (χ3n) is 3.94. The van der Waals surface area contributed by atoms with Gasteiger partial charge in [-0.1, -0.05) is 36.4 Å². The Bertz CT molecular complexity index is 909. The number of aromatic amines is 1. The van der Waals surface area contributed by atoms with Crippen molar-refractivity contribution in [1.29, 1.82) is 0 Å². The van der Waals surface area contributed by atoms with E-state index in [-0.39, 0.29) is 19.0 Å². The molecule has 1 aromatic heterocycles. The summed E-state index contributed by atoms with van der Waals surface area (Å²) in [4.78, 5) is 14.6. The minimum Gasteiger partial charge on any atom is -0.480 e. The SMILES string of the molecule is Cl.O=C(O)C(NCc1cccc(C(F)(F)F)c1)c1c[nH]c2ccccc12. The molecular weight excluding hydrogens is 369 g/mol. The number of carboxylic acids is 1.